The van der Waals surface area contributed by atoms with E-state index in [1.807, 2.05) is 7.05 Å². The van der Waals surface area contributed by atoms with Crippen LogP contribution in [0.1, 0.15) is 19.3 Å². The first-order valence-corrected chi connectivity index (χ1v) is 7.97. The Hall–Kier alpha value is -0.370. The van der Waals surface area contributed by atoms with Gasteiger partial charge in [0.2, 0.25) is 15.9 Å². The number of nitrogens with one attached hydrogen (secondary N) is 2. The monoisotopic (exact) mass is 313 g/mol. The van der Waals surface area contributed by atoms with Gasteiger partial charge in [0, 0.05) is 13.1 Å². The summed E-state index contributed by atoms with van der Waals surface area (Å²) in [6, 6.07) is 0. The Morgan fingerprint density at radius 1 is 1.26 bits per heavy atom. The molecule has 0 aromatic heterocycles. The van der Waals surface area contributed by atoms with Crippen molar-refractivity contribution in [3.8, 4) is 0 Å². The fourth-order valence-corrected chi connectivity index (χ4v) is 2.80. The SMILES string of the molecule is CNCCC1CCN(C(=O)CS(=O)(=O)NC)CC1.Cl. The number of carbonyl (C=O) groups is 1. The summed E-state index contributed by atoms with van der Waals surface area (Å²) >= 11 is 0. The maximum Gasteiger partial charge on any atom is 0.239 e. The predicted octanol–water partition coefficient (Wildman–Crippen LogP) is -0.194. The van der Waals surface area contributed by atoms with Gasteiger partial charge in [-0.2, -0.15) is 0 Å². The molecule has 0 atom stereocenters. The lowest BCUT2D eigenvalue weighted by molar-refractivity contribution is -0.129. The molecule has 0 spiro atoms. The normalized spacial score (nSPS) is 17.1. The molecule has 1 rings (SSSR count). The van der Waals surface area contributed by atoms with Crippen molar-refractivity contribution in [1.82, 2.24) is 14.9 Å². The third-order valence-electron chi connectivity index (χ3n) is 3.39. The van der Waals surface area contributed by atoms with Gasteiger partial charge in [0.25, 0.3) is 0 Å². The number of piperidine rings is 1. The first-order chi connectivity index (χ1) is 8.48. The predicted molar refractivity (Wildman–Crippen MR) is 77.9 cm³/mol. The number of hydrogen-bond donors (Lipinski definition) is 2. The highest BCUT2D eigenvalue weighted by atomic mass is 35.5. The minimum absolute atomic E-state index is 0. The zero-order chi connectivity index (χ0) is 13.6. The summed E-state index contributed by atoms with van der Waals surface area (Å²) in [6.45, 7) is 2.34. The molecule has 1 aliphatic heterocycles. The van der Waals surface area contributed by atoms with Crippen molar-refractivity contribution in [2.75, 3.05) is 39.5 Å². The van der Waals surface area contributed by atoms with Gasteiger partial charge in [-0.25, -0.2) is 13.1 Å². The number of carbonyl (C=O) groups excluding carboxylic acids is 1. The third-order valence-corrected chi connectivity index (χ3v) is 4.64. The quantitative estimate of drug-likeness (QED) is 0.712. The summed E-state index contributed by atoms with van der Waals surface area (Å²) in [6.07, 6.45) is 3.05. The standard InChI is InChI=1S/C11H23N3O3S.ClH/c1-12-6-3-10-4-7-14(8-5-10)11(15)9-18(16,17)13-2;/h10,12-13H,3-9H2,1-2H3;1H. The Bertz CT molecular complexity index is 367. The van der Waals surface area contributed by atoms with E-state index in [1.165, 1.54) is 7.05 Å². The molecule has 114 valence electrons. The zero-order valence-electron chi connectivity index (χ0n) is 11.5. The van der Waals surface area contributed by atoms with E-state index in [9.17, 15) is 13.2 Å². The van der Waals surface area contributed by atoms with Crippen LogP contribution in [0.4, 0.5) is 0 Å². The maximum absolute atomic E-state index is 11.8. The Kier molecular flexibility index (Phi) is 8.56. The van der Waals surface area contributed by atoms with Gasteiger partial charge in [-0.3, -0.25) is 4.79 Å². The smallest absolute Gasteiger partial charge is 0.239 e. The minimum Gasteiger partial charge on any atom is -0.342 e. The number of rotatable bonds is 6. The molecule has 6 nitrogen and oxygen atoms in total. The van der Waals surface area contributed by atoms with Crippen molar-refractivity contribution in [3.63, 3.8) is 0 Å². The largest absolute Gasteiger partial charge is 0.342 e. The van der Waals surface area contributed by atoms with Gasteiger partial charge < -0.3 is 10.2 Å². The van der Waals surface area contributed by atoms with E-state index in [0.717, 1.165) is 25.8 Å². The Morgan fingerprint density at radius 3 is 2.32 bits per heavy atom. The van der Waals surface area contributed by atoms with E-state index in [0.29, 0.717) is 19.0 Å². The van der Waals surface area contributed by atoms with E-state index >= 15 is 0 Å². The van der Waals surface area contributed by atoms with Gasteiger partial charge in [-0.1, -0.05) is 0 Å². The molecule has 2 N–H and O–H groups in total. The van der Waals surface area contributed by atoms with Crippen molar-refractivity contribution in [2.24, 2.45) is 5.92 Å². The molecule has 0 aromatic carbocycles. The fourth-order valence-electron chi connectivity index (χ4n) is 2.15. The van der Waals surface area contributed by atoms with Crippen molar-refractivity contribution in [1.29, 1.82) is 0 Å². The average molecular weight is 314 g/mol. The van der Waals surface area contributed by atoms with Crippen LogP contribution in [0, 0.1) is 5.92 Å². The molecule has 0 bridgehead atoms. The molecule has 0 saturated carbocycles. The number of halogens is 1. The van der Waals surface area contributed by atoms with Crippen molar-refractivity contribution in [2.45, 2.75) is 19.3 Å². The van der Waals surface area contributed by atoms with Crippen LogP contribution in [0.25, 0.3) is 0 Å². The van der Waals surface area contributed by atoms with Crippen LogP contribution in [-0.2, 0) is 14.8 Å². The summed E-state index contributed by atoms with van der Waals surface area (Å²) in [5.41, 5.74) is 0. The number of amides is 1. The number of sulfonamides is 1. The van der Waals surface area contributed by atoms with Gasteiger partial charge in [0.05, 0.1) is 0 Å². The second kappa shape index (κ2) is 8.73. The van der Waals surface area contributed by atoms with Gasteiger partial charge in [-0.15, -0.1) is 12.4 Å². The van der Waals surface area contributed by atoms with E-state index in [4.69, 9.17) is 0 Å². The number of likely N-dealkylation sites (tertiary alicyclic amines) is 1. The van der Waals surface area contributed by atoms with E-state index in [-0.39, 0.29) is 18.3 Å². The molecule has 0 aromatic rings. The van der Waals surface area contributed by atoms with Gasteiger partial charge in [0.1, 0.15) is 5.75 Å². The molecule has 0 aliphatic carbocycles. The second-order valence-corrected chi connectivity index (χ2v) is 6.61. The summed E-state index contributed by atoms with van der Waals surface area (Å²) in [5.74, 6) is -0.0937. The van der Waals surface area contributed by atoms with Crippen molar-refractivity contribution >= 4 is 28.3 Å². The van der Waals surface area contributed by atoms with E-state index < -0.39 is 15.8 Å². The highest BCUT2D eigenvalue weighted by molar-refractivity contribution is 7.90. The topological polar surface area (TPSA) is 78.5 Å². The van der Waals surface area contributed by atoms with Crippen LogP contribution < -0.4 is 10.0 Å². The molecule has 1 saturated heterocycles. The van der Waals surface area contributed by atoms with Crippen LogP contribution in [0.5, 0.6) is 0 Å². The Balaban J connectivity index is 0.00000324. The average Bonchev–Trinajstić information content (AvgIpc) is 2.36. The first kappa shape index (κ1) is 18.6. The fraction of sp³-hybridized carbons (Fsp3) is 0.909. The minimum atomic E-state index is -3.45. The molecule has 1 amide bonds. The Labute approximate surface area is 121 Å². The van der Waals surface area contributed by atoms with Crippen molar-refractivity contribution in [3.05, 3.63) is 0 Å². The lowest BCUT2D eigenvalue weighted by Gasteiger charge is -2.32. The molecule has 1 heterocycles. The second-order valence-electron chi connectivity index (χ2n) is 4.68. The van der Waals surface area contributed by atoms with Crippen molar-refractivity contribution < 1.29 is 13.2 Å². The highest BCUT2D eigenvalue weighted by Crippen LogP contribution is 2.20. The number of nitrogens with zero attached hydrogens (tertiary/aromatic N) is 1. The van der Waals surface area contributed by atoms with Crippen LogP contribution >= 0.6 is 12.4 Å². The zero-order valence-corrected chi connectivity index (χ0v) is 13.1. The summed E-state index contributed by atoms with van der Waals surface area (Å²) in [7, 11) is -0.189. The molecule has 0 radical (unpaired) electrons. The molecule has 0 unspecified atom stereocenters. The highest BCUT2D eigenvalue weighted by Gasteiger charge is 2.25. The molecule has 1 fully saturated rings. The van der Waals surface area contributed by atoms with Crippen LogP contribution in [-0.4, -0.2) is 58.7 Å². The summed E-state index contributed by atoms with van der Waals surface area (Å²) in [4.78, 5) is 13.4. The molecular weight excluding hydrogens is 290 g/mol. The summed E-state index contributed by atoms with van der Waals surface area (Å²) < 4.78 is 24.7. The van der Waals surface area contributed by atoms with Crippen LogP contribution in [0.3, 0.4) is 0 Å². The third kappa shape index (κ3) is 6.56. The van der Waals surface area contributed by atoms with Crippen LogP contribution in [0.15, 0.2) is 0 Å². The molecular formula is C11H24ClN3O3S. The Morgan fingerprint density at radius 2 is 1.84 bits per heavy atom. The van der Waals surface area contributed by atoms with Gasteiger partial charge in [0.15, 0.2) is 0 Å². The lowest BCUT2D eigenvalue weighted by Crippen LogP contribution is -2.43. The molecule has 8 heteroatoms. The van der Waals surface area contributed by atoms with Gasteiger partial charge >= 0.3 is 0 Å². The van der Waals surface area contributed by atoms with Crippen LogP contribution in [0.2, 0.25) is 0 Å². The first-order valence-electron chi connectivity index (χ1n) is 6.32. The molecule has 1 aliphatic rings. The van der Waals surface area contributed by atoms with E-state index in [2.05, 4.69) is 10.0 Å². The van der Waals surface area contributed by atoms with Gasteiger partial charge in [-0.05, 0) is 45.8 Å². The summed E-state index contributed by atoms with van der Waals surface area (Å²) in [5, 5.41) is 3.12. The molecule has 19 heavy (non-hydrogen) atoms. The lowest BCUT2D eigenvalue weighted by atomic mass is 9.93. The maximum atomic E-state index is 11.8. The van der Waals surface area contributed by atoms with E-state index in [1.54, 1.807) is 4.90 Å². The number of hydrogen-bond acceptors (Lipinski definition) is 4.